The molecule has 0 aliphatic heterocycles. The van der Waals surface area contributed by atoms with E-state index in [1.165, 1.54) is 12.1 Å². The minimum atomic E-state index is -0.255. The van der Waals surface area contributed by atoms with E-state index in [9.17, 15) is 4.39 Å². The zero-order valence-corrected chi connectivity index (χ0v) is 9.47. The number of benzene rings is 1. The molecule has 0 aliphatic carbocycles. The molecule has 4 heteroatoms. The molecule has 0 amide bonds. The number of nitrogens with one attached hydrogen (secondary N) is 1. The lowest BCUT2D eigenvalue weighted by Crippen LogP contribution is -1.88. The normalized spacial score (nSPS) is 10.5. The first kappa shape index (κ1) is 10.7. The first-order chi connectivity index (χ1) is 8.84. The lowest BCUT2D eigenvalue weighted by Gasteiger charge is -2.06. The van der Waals surface area contributed by atoms with Crippen LogP contribution >= 0.6 is 0 Å². The van der Waals surface area contributed by atoms with Gasteiger partial charge in [0.25, 0.3) is 0 Å². The third-order valence-corrected chi connectivity index (χ3v) is 2.71. The van der Waals surface area contributed by atoms with E-state index in [-0.39, 0.29) is 5.82 Å². The number of pyridine rings is 1. The quantitative estimate of drug-likeness (QED) is 0.745. The van der Waals surface area contributed by atoms with E-state index in [4.69, 9.17) is 0 Å². The fourth-order valence-corrected chi connectivity index (χ4v) is 1.90. The van der Waals surface area contributed by atoms with Gasteiger partial charge < -0.3 is 0 Å². The second-order valence-corrected chi connectivity index (χ2v) is 3.90. The summed E-state index contributed by atoms with van der Waals surface area (Å²) in [5, 5.41) is 6.67. The molecule has 2 heterocycles. The first-order valence-electron chi connectivity index (χ1n) is 5.55. The highest BCUT2D eigenvalue weighted by molar-refractivity contribution is 5.79. The van der Waals surface area contributed by atoms with Gasteiger partial charge in [-0.2, -0.15) is 5.10 Å². The van der Waals surface area contributed by atoms with Crippen molar-refractivity contribution in [3.63, 3.8) is 0 Å². The maximum absolute atomic E-state index is 13.3. The molecule has 0 saturated carbocycles. The van der Waals surface area contributed by atoms with Crippen LogP contribution in [0.4, 0.5) is 4.39 Å². The summed E-state index contributed by atoms with van der Waals surface area (Å²) >= 11 is 0. The van der Waals surface area contributed by atoms with Crippen molar-refractivity contribution in [3.8, 4) is 22.4 Å². The minimum absolute atomic E-state index is 0.255. The molecule has 0 fully saturated rings. The fourth-order valence-electron chi connectivity index (χ4n) is 1.90. The summed E-state index contributed by atoms with van der Waals surface area (Å²) in [6.45, 7) is 0. The van der Waals surface area contributed by atoms with Crippen molar-refractivity contribution in [1.29, 1.82) is 0 Å². The Labute approximate surface area is 103 Å². The molecule has 0 atom stereocenters. The predicted molar refractivity (Wildman–Crippen MR) is 67.2 cm³/mol. The second-order valence-electron chi connectivity index (χ2n) is 3.90. The Bertz CT molecular complexity index is 662. The van der Waals surface area contributed by atoms with Crippen molar-refractivity contribution in [2.24, 2.45) is 0 Å². The molecular weight excluding hydrogens is 229 g/mol. The van der Waals surface area contributed by atoms with Gasteiger partial charge in [-0.3, -0.25) is 10.1 Å². The van der Waals surface area contributed by atoms with Gasteiger partial charge in [0, 0.05) is 23.5 Å². The van der Waals surface area contributed by atoms with Crippen LogP contribution in [0.5, 0.6) is 0 Å². The maximum atomic E-state index is 13.3. The molecule has 0 radical (unpaired) electrons. The third-order valence-electron chi connectivity index (χ3n) is 2.71. The van der Waals surface area contributed by atoms with E-state index >= 15 is 0 Å². The van der Waals surface area contributed by atoms with Crippen LogP contribution in [0.25, 0.3) is 22.4 Å². The number of aromatic nitrogens is 3. The van der Waals surface area contributed by atoms with Gasteiger partial charge in [0.2, 0.25) is 0 Å². The van der Waals surface area contributed by atoms with E-state index in [2.05, 4.69) is 15.2 Å². The molecule has 3 aromatic rings. The molecule has 3 rings (SSSR count). The number of halogens is 1. The third kappa shape index (κ3) is 1.88. The molecule has 1 aromatic carbocycles. The average molecular weight is 239 g/mol. The lowest BCUT2D eigenvalue weighted by atomic mass is 10.0. The Balaban J connectivity index is 2.18. The molecule has 0 spiro atoms. The molecule has 3 nitrogen and oxygen atoms in total. The van der Waals surface area contributed by atoms with Crippen LogP contribution in [0.3, 0.4) is 0 Å². The number of hydrogen-bond acceptors (Lipinski definition) is 2. The first-order valence-corrected chi connectivity index (χ1v) is 5.55. The summed E-state index contributed by atoms with van der Waals surface area (Å²) < 4.78 is 13.3. The van der Waals surface area contributed by atoms with E-state index < -0.39 is 0 Å². The van der Waals surface area contributed by atoms with Crippen LogP contribution in [0, 0.1) is 5.82 Å². The molecule has 1 N–H and O–H groups in total. The fraction of sp³-hybridized carbons (Fsp3) is 0. The topological polar surface area (TPSA) is 41.6 Å². The predicted octanol–water partition coefficient (Wildman–Crippen LogP) is 3.28. The van der Waals surface area contributed by atoms with Gasteiger partial charge >= 0.3 is 0 Å². The van der Waals surface area contributed by atoms with Crippen LogP contribution in [-0.4, -0.2) is 15.2 Å². The molecule has 2 aromatic heterocycles. The highest BCUT2D eigenvalue weighted by Crippen LogP contribution is 2.29. The Kier molecular flexibility index (Phi) is 2.61. The molecule has 0 aliphatic rings. The van der Waals surface area contributed by atoms with Gasteiger partial charge in [-0.05, 0) is 23.8 Å². The summed E-state index contributed by atoms with van der Waals surface area (Å²) in [6, 6.07) is 10.2. The van der Waals surface area contributed by atoms with E-state index in [1.54, 1.807) is 24.7 Å². The Hall–Kier alpha value is -2.49. The summed E-state index contributed by atoms with van der Waals surface area (Å²) in [5.74, 6) is -0.255. The number of rotatable bonds is 2. The summed E-state index contributed by atoms with van der Waals surface area (Å²) in [4.78, 5) is 4.34. The molecule has 18 heavy (non-hydrogen) atoms. The largest absolute Gasteiger partial charge is 0.285 e. The van der Waals surface area contributed by atoms with Crippen molar-refractivity contribution in [2.45, 2.75) is 0 Å². The van der Waals surface area contributed by atoms with Gasteiger partial charge in [-0.15, -0.1) is 0 Å². The van der Waals surface area contributed by atoms with Gasteiger partial charge in [0.15, 0.2) is 0 Å². The number of nitrogens with zero attached hydrogens (tertiary/aromatic N) is 2. The van der Waals surface area contributed by atoms with Gasteiger partial charge in [-0.1, -0.05) is 18.2 Å². The van der Waals surface area contributed by atoms with Crippen LogP contribution in [-0.2, 0) is 0 Å². The SMILES string of the molecule is Fc1cccc(-c2cccnc2-c2cn[nH]c2)c1. The molecule has 88 valence electrons. The lowest BCUT2D eigenvalue weighted by molar-refractivity contribution is 0.628. The van der Waals surface area contributed by atoms with Crippen LogP contribution in [0.15, 0.2) is 55.0 Å². The Morgan fingerprint density at radius 1 is 1.06 bits per heavy atom. The Morgan fingerprint density at radius 3 is 2.78 bits per heavy atom. The van der Waals surface area contributed by atoms with Crippen LogP contribution < -0.4 is 0 Å². The Morgan fingerprint density at radius 2 is 2.00 bits per heavy atom. The number of hydrogen-bond donors (Lipinski definition) is 1. The molecule has 0 unspecified atom stereocenters. The molecule has 0 saturated heterocycles. The van der Waals surface area contributed by atoms with E-state index in [0.29, 0.717) is 0 Å². The van der Waals surface area contributed by atoms with Crippen molar-refractivity contribution in [1.82, 2.24) is 15.2 Å². The van der Waals surface area contributed by atoms with Gasteiger partial charge in [0.1, 0.15) is 5.82 Å². The highest BCUT2D eigenvalue weighted by atomic mass is 19.1. The van der Waals surface area contributed by atoms with Gasteiger partial charge in [-0.25, -0.2) is 4.39 Å². The smallest absolute Gasteiger partial charge is 0.123 e. The van der Waals surface area contributed by atoms with Crippen molar-refractivity contribution in [3.05, 3.63) is 60.8 Å². The molecular formula is C14H10FN3. The number of aromatic amines is 1. The minimum Gasteiger partial charge on any atom is -0.285 e. The van der Waals surface area contributed by atoms with Crippen LogP contribution in [0.1, 0.15) is 0 Å². The average Bonchev–Trinajstić information content (AvgIpc) is 2.92. The van der Waals surface area contributed by atoms with Crippen molar-refractivity contribution < 1.29 is 4.39 Å². The van der Waals surface area contributed by atoms with Crippen LogP contribution in [0.2, 0.25) is 0 Å². The van der Waals surface area contributed by atoms with Crippen molar-refractivity contribution >= 4 is 0 Å². The number of H-pyrrole nitrogens is 1. The standard InChI is InChI=1S/C14H10FN3/c15-12-4-1-3-10(7-12)13-5-2-6-16-14(13)11-8-17-18-9-11/h1-9H,(H,17,18). The zero-order valence-electron chi connectivity index (χ0n) is 9.47. The molecule has 0 bridgehead atoms. The van der Waals surface area contributed by atoms with Crippen molar-refractivity contribution in [2.75, 3.05) is 0 Å². The summed E-state index contributed by atoms with van der Waals surface area (Å²) in [5.41, 5.74) is 3.37. The highest BCUT2D eigenvalue weighted by Gasteiger charge is 2.09. The van der Waals surface area contributed by atoms with E-state index in [0.717, 1.165) is 22.4 Å². The summed E-state index contributed by atoms with van der Waals surface area (Å²) in [7, 11) is 0. The second kappa shape index (κ2) is 4.41. The zero-order chi connectivity index (χ0) is 12.4. The summed E-state index contributed by atoms with van der Waals surface area (Å²) in [6.07, 6.45) is 5.18. The monoisotopic (exact) mass is 239 g/mol. The van der Waals surface area contributed by atoms with Gasteiger partial charge in [0.05, 0.1) is 11.9 Å². The van der Waals surface area contributed by atoms with E-state index in [1.807, 2.05) is 18.2 Å². The maximum Gasteiger partial charge on any atom is 0.123 e.